The van der Waals surface area contributed by atoms with Crippen LogP contribution >= 0.6 is 12.6 Å². The molecule has 1 aromatic carbocycles. The standard InChI is InChI=1S/C22H29N5S/c1-3-16(9-10-23)14-27(2)26-21(15-28)20-13-25-22-19(20)11-18(12-24-22)17-7-5-4-6-8-17/h4-8,11-13,15-16,26,28H,3,9-10,14,23H2,1-2H3,(H,24,25)/b21-15-. The molecule has 28 heavy (non-hydrogen) atoms. The van der Waals surface area contributed by atoms with Crippen molar-refractivity contribution in [2.24, 2.45) is 11.7 Å². The first kappa shape index (κ1) is 20.5. The van der Waals surface area contributed by atoms with Crippen molar-refractivity contribution in [3.8, 4) is 11.1 Å². The van der Waals surface area contributed by atoms with Crippen molar-refractivity contribution in [2.75, 3.05) is 20.1 Å². The lowest BCUT2D eigenvalue weighted by atomic mass is 10.0. The fourth-order valence-electron chi connectivity index (χ4n) is 3.47. The largest absolute Gasteiger partial charge is 0.345 e. The normalized spacial score (nSPS) is 13.2. The third-order valence-corrected chi connectivity index (χ3v) is 5.31. The van der Waals surface area contributed by atoms with Gasteiger partial charge in [-0.15, -0.1) is 12.6 Å². The number of H-pyrrole nitrogens is 1. The first-order valence-corrected chi connectivity index (χ1v) is 10.2. The van der Waals surface area contributed by atoms with Crippen molar-refractivity contribution in [3.63, 3.8) is 0 Å². The summed E-state index contributed by atoms with van der Waals surface area (Å²) in [4.78, 5) is 7.86. The quantitative estimate of drug-likeness (QED) is 0.323. The number of hydrogen-bond acceptors (Lipinski definition) is 5. The number of hydrazine groups is 1. The third kappa shape index (κ3) is 4.76. The Balaban J connectivity index is 1.84. The van der Waals surface area contributed by atoms with E-state index in [1.807, 2.05) is 30.6 Å². The van der Waals surface area contributed by atoms with Gasteiger partial charge in [-0.3, -0.25) is 0 Å². The van der Waals surface area contributed by atoms with Gasteiger partial charge in [0.1, 0.15) is 5.65 Å². The molecule has 0 aliphatic carbocycles. The maximum atomic E-state index is 5.74. The minimum atomic E-state index is 0.568. The van der Waals surface area contributed by atoms with E-state index >= 15 is 0 Å². The number of aromatic amines is 1. The van der Waals surface area contributed by atoms with Gasteiger partial charge < -0.3 is 16.1 Å². The number of pyridine rings is 1. The average Bonchev–Trinajstić information content (AvgIpc) is 3.15. The first-order valence-electron chi connectivity index (χ1n) is 9.71. The number of nitrogens with two attached hydrogens (primary N) is 1. The van der Waals surface area contributed by atoms with Crippen LogP contribution in [0, 0.1) is 5.92 Å². The Morgan fingerprint density at radius 1 is 1.32 bits per heavy atom. The molecular weight excluding hydrogens is 366 g/mol. The molecule has 0 amide bonds. The predicted molar refractivity (Wildman–Crippen MR) is 122 cm³/mol. The molecule has 0 spiro atoms. The van der Waals surface area contributed by atoms with E-state index in [1.165, 1.54) is 0 Å². The lowest BCUT2D eigenvalue weighted by Gasteiger charge is -2.25. The van der Waals surface area contributed by atoms with E-state index in [4.69, 9.17) is 5.73 Å². The van der Waals surface area contributed by atoms with Crippen LogP contribution < -0.4 is 11.2 Å². The van der Waals surface area contributed by atoms with Crippen LogP contribution in [0.4, 0.5) is 0 Å². The SMILES string of the molecule is CCC(CCN)CN(C)N/C(=C\S)c1c[nH]c2ncc(-c3ccccc3)cc12. The molecule has 4 N–H and O–H groups in total. The van der Waals surface area contributed by atoms with E-state index in [1.54, 1.807) is 5.41 Å². The van der Waals surface area contributed by atoms with Crippen LogP contribution in [0.5, 0.6) is 0 Å². The Morgan fingerprint density at radius 2 is 2.11 bits per heavy atom. The van der Waals surface area contributed by atoms with Crippen molar-refractivity contribution in [3.05, 3.63) is 59.8 Å². The highest BCUT2D eigenvalue weighted by Crippen LogP contribution is 2.28. The Hall–Kier alpha value is -2.28. The summed E-state index contributed by atoms with van der Waals surface area (Å²) in [5.74, 6) is 0.568. The number of rotatable bonds is 9. The summed E-state index contributed by atoms with van der Waals surface area (Å²) in [6, 6.07) is 12.5. The Morgan fingerprint density at radius 3 is 2.79 bits per heavy atom. The lowest BCUT2D eigenvalue weighted by molar-refractivity contribution is 0.227. The Kier molecular flexibility index (Phi) is 7.14. The molecule has 5 nitrogen and oxygen atoms in total. The van der Waals surface area contributed by atoms with Crippen LogP contribution in [-0.2, 0) is 0 Å². The maximum absolute atomic E-state index is 5.74. The van der Waals surface area contributed by atoms with Gasteiger partial charge in [0.05, 0.1) is 5.70 Å². The molecule has 0 aliphatic heterocycles. The molecule has 0 bridgehead atoms. The molecule has 1 unspecified atom stereocenters. The predicted octanol–water partition coefficient (Wildman–Crippen LogP) is 4.27. The molecule has 0 radical (unpaired) electrons. The van der Waals surface area contributed by atoms with Crippen LogP contribution in [0.25, 0.3) is 27.9 Å². The van der Waals surface area contributed by atoms with Crippen molar-refractivity contribution in [2.45, 2.75) is 19.8 Å². The minimum absolute atomic E-state index is 0.568. The number of fused-ring (bicyclic) bond motifs is 1. The van der Waals surface area contributed by atoms with Gasteiger partial charge in [-0.05, 0) is 35.9 Å². The zero-order valence-electron chi connectivity index (χ0n) is 16.5. The summed E-state index contributed by atoms with van der Waals surface area (Å²) < 4.78 is 0. The van der Waals surface area contributed by atoms with Crippen LogP contribution in [0.15, 0.2) is 54.2 Å². The van der Waals surface area contributed by atoms with Crippen molar-refractivity contribution in [1.82, 2.24) is 20.4 Å². The second kappa shape index (κ2) is 9.78. The van der Waals surface area contributed by atoms with E-state index in [0.29, 0.717) is 5.92 Å². The number of nitrogens with zero attached hydrogens (tertiary/aromatic N) is 2. The van der Waals surface area contributed by atoms with Crippen LogP contribution in [0.2, 0.25) is 0 Å². The average molecular weight is 396 g/mol. The van der Waals surface area contributed by atoms with E-state index < -0.39 is 0 Å². The molecule has 6 heteroatoms. The van der Waals surface area contributed by atoms with Gasteiger partial charge in [0, 0.05) is 42.5 Å². The van der Waals surface area contributed by atoms with Gasteiger partial charge in [-0.2, -0.15) is 0 Å². The molecule has 2 aromatic heterocycles. The van der Waals surface area contributed by atoms with E-state index in [9.17, 15) is 0 Å². The van der Waals surface area contributed by atoms with Gasteiger partial charge >= 0.3 is 0 Å². The minimum Gasteiger partial charge on any atom is -0.345 e. The first-order chi connectivity index (χ1) is 13.7. The van der Waals surface area contributed by atoms with Gasteiger partial charge in [0.15, 0.2) is 0 Å². The molecular formula is C22H29N5S. The molecule has 3 aromatic rings. The third-order valence-electron chi connectivity index (χ3n) is 5.05. The van der Waals surface area contributed by atoms with E-state index in [2.05, 4.69) is 65.2 Å². The summed E-state index contributed by atoms with van der Waals surface area (Å²) in [7, 11) is 2.05. The smallest absolute Gasteiger partial charge is 0.137 e. The number of thiol groups is 1. The molecule has 1 atom stereocenters. The summed E-state index contributed by atoms with van der Waals surface area (Å²) >= 11 is 4.45. The van der Waals surface area contributed by atoms with E-state index in [0.717, 1.165) is 59.4 Å². The van der Waals surface area contributed by atoms with Crippen molar-refractivity contribution >= 4 is 29.4 Å². The Labute approximate surface area is 172 Å². The number of hydrogen-bond donors (Lipinski definition) is 4. The highest BCUT2D eigenvalue weighted by atomic mass is 32.1. The van der Waals surface area contributed by atoms with E-state index in [-0.39, 0.29) is 0 Å². The maximum Gasteiger partial charge on any atom is 0.137 e. The zero-order chi connectivity index (χ0) is 19.9. The lowest BCUT2D eigenvalue weighted by Crippen LogP contribution is -2.37. The number of nitrogens with one attached hydrogen (secondary N) is 2. The molecule has 3 rings (SSSR count). The fraction of sp³-hybridized carbons (Fsp3) is 0.318. The summed E-state index contributed by atoms with van der Waals surface area (Å²) in [6.45, 7) is 3.85. The van der Waals surface area contributed by atoms with Crippen LogP contribution in [0.1, 0.15) is 25.3 Å². The van der Waals surface area contributed by atoms with Gasteiger partial charge in [-0.25, -0.2) is 9.99 Å². The van der Waals surface area contributed by atoms with Gasteiger partial charge in [0.25, 0.3) is 0 Å². The van der Waals surface area contributed by atoms with Crippen molar-refractivity contribution in [1.29, 1.82) is 0 Å². The summed E-state index contributed by atoms with van der Waals surface area (Å²) in [5, 5.41) is 4.98. The molecule has 0 saturated heterocycles. The van der Waals surface area contributed by atoms with Gasteiger partial charge in [-0.1, -0.05) is 43.7 Å². The second-order valence-electron chi connectivity index (χ2n) is 7.08. The Bertz CT molecular complexity index is 919. The highest BCUT2D eigenvalue weighted by molar-refractivity contribution is 7.83. The van der Waals surface area contributed by atoms with Gasteiger partial charge in [0.2, 0.25) is 0 Å². The molecule has 148 valence electrons. The topological polar surface area (TPSA) is 70.0 Å². The molecule has 0 fully saturated rings. The summed E-state index contributed by atoms with van der Waals surface area (Å²) in [6.07, 6.45) is 6.02. The van der Waals surface area contributed by atoms with Crippen LogP contribution in [0.3, 0.4) is 0 Å². The number of benzene rings is 1. The van der Waals surface area contributed by atoms with Crippen LogP contribution in [-0.4, -0.2) is 35.1 Å². The summed E-state index contributed by atoms with van der Waals surface area (Å²) in [5.41, 5.74) is 14.3. The zero-order valence-corrected chi connectivity index (χ0v) is 17.4. The second-order valence-corrected chi connectivity index (χ2v) is 7.33. The molecule has 2 heterocycles. The highest BCUT2D eigenvalue weighted by Gasteiger charge is 2.14. The molecule has 0 aliphatic rings. The monoisotopic (exact) mass is 395 g/mol. The van der Waals surface area contributed by atoms with Crippen molar-refractivity contribution < 1.29 is 0 Å². The fourth-order valence-corrected chi connectivity index (χ4v) is 3.67. The number of aromatic nitrogens is 2. The molecule has 0 saturated carbocycles.